The minimum Gasteiger partial charge on any atom is -0.309 e. The maximum absolute atomic E-state index is 13.1. The lowest BCUT2D eigenvalue weighted by Crippen LogP contribution is -1.88. The smallest absolute Gasteiger partial charge is 0.309 e. The molecule has 0 saturated carbocycles. The van der Waals surface area contributed by atoms with E-state index in [1.807, 2.05) is 0 Å². The van der Waals surface area contributed by atoms with Crippen LogP contribution in [0.25, 0.3) is 0 Å². The maximum atomic E-state index is 13.1. The van der Waals surface area contributed by atoms with Gasteiger partial charge in [-0.15, -0.1) is 0 Å². The summed E-state index contributed by atoms with van der Waals surface area (Å²) in [6.45, 7) is 2.27. The summed E-state index contributed by atoms with van der Waals surface area (Å²) >= 11 is 0. The van der Waals surface area contributed by atoms with Gasteiger partial charge in [-0.1, -0.05) is 116 Å². The number of unbranched alkanes of at least 4 members (excludes halogenated alkanes) is 17. The molecule has 0 unspecified atom stereocenters. The lowest BCUT2D eigenvalue weighted by Gasteiger charge is -2.06. The molecule has 0 saturated heterocycles. The number of hydrogen-bond acceptors (Lipinski definition) is 2. The van der Waals surface area contributed by atoms with E-state index in [-0.39, 0.29) is 6.16 Å². The lowest BCUT2D eigenvalue weighted by atomic mass is 10.0. The highest BCUT2D eigenvalue weighted by Gasteiger charge is 2.18. The minimum absolute atomic E-state index is 0.0856. The molecule has 0 aromatic heterocycles. The molecule has 0 bridgehead atoms. The van der Waals surface area contributed by atoms with E-state index in [2.05, 4.69) is 11.4 Å². The van der Waals surface area contributed by atoms with Gasteiger partial charge in [-0.2, -0.15) is 4.20 Å². The van der Waals surface area contributed by atoms with Crippen LogP contribution in [-0.4, -0.2) is 13.3 Å². The van der Waals surface area contributed by atoms with Crippen molar-refractivity contribution in [3.63, 3.8) is 0 Å². The molecule has 0 amide bonds. The average molecular weight is 379 g/mol. The van der Waals surface area contributed by atoms with Crippen molar-refractivity contribution < 1.29 is 13.3 Å². The Morgan fingerprint density at radius 2 is 0.880 bits per heavy atom. The normalized spacial score (nSPS) is 13.9. The van der Waals surface area contributed by atoms with Gasteiger partial charge in [0.2, 0.25) is 0 Å². The van der Waals surface area contributed by atoms with Gasteiger partial charge in [0.05, 0.1) is 6.16 Å². The Kier molecular flexibility index (Phi) is 19.0. The predicted octanol–water partition coefficient (Wildman–Crippen LogP) is 8.84. The molecular formula is C21H44FO2P. The van der Waals surface area contributed by atoms with Crippen molar-refractivity contribution in [1.29, 1.82) is 0 Å². The zero-order valence-electron chi connectivity index (χ0n) is 17.1. The van der Waals surface area contributed by atoms with Crippen LogP contribution in [0.4, 0.5) is 4.20 Å². The Hall–Kier alpha value is 0.120. The fourth-order valence-electron chi connectivity index (χ4n) is 3.29. The van der Waals surface area contributed by atoms with Gasteiger partial charge < -0.3 is 4.52 Å². The molecule has 1 atom stereocenters. The van der Waals surface area contributed by atoms with E-state index in [4.69, 9.17) is 0 Å². The SMILES string of the molecule is CCCCCCCCCCCCCCCCCCCC[P@@](=O)(F)OC. The number of halogens is 1. The van der Waals surface area contributed by atoms with Crippen LogP contribution in [-0.2, 0) is 9.09 Å². The van der Waals surface area contributed by atoms with E-state index in [1.165, 1.54) is 103 Å². The van der Waals surface area contributed by atoms with Crippen LogP contribution in [0.5, 0.6) is 0 Å². The van der Waals surface area contributed by atoms with E-state index in [9.17, 15) is 8.76 Å². The molecule has 0 radical (unpaired) electrons. The first-order chi connectivity index (χ1) is 12.1. The predicted molar refractivity (Wildman–Crippen MR) is 109 cm³/mol. The van der Waals surface area contributed by atoms with Gasteiger partial charge in [0.25, 0.3) is 0 Å². The average Bonchev–Trinajstić information content (AvgIpc) is 2.60. The monoisotopic (exact) mass is 378 g/mol. The summed E-state index contributed by atoms with van der Waals surface area (Å²) in [5, 5.41) is 0. The molecule has 152 valence electrons. The van der Waals surface area contributed by atoms with Crippen molar-refractivity contribution in [2.45, 2.75) is 122 Å². The van der Waals surface area contributed by atoms with E-state index in [0.717, 1.165) is 12.8 Å². The zero-order valence-corrected chi connectivity index (χ0v) is 18.0. The Morgan fingerprint density at radius 1 is 0.600 bits per heavy atom. The third-order valence-electron chi connectivity index (χ3n) is 5.05. The van der Waals surface area contributed by atoms with Crippen molar-refractivity contribution in [3.8, 4) is 0 Å². The first-order valence-corrected chi connectivity index (χ1v) is 12.7. The van der Waals surface area contributed by atoms with Crippen molar-refractivity contribution >= 4 is 7.68 Å². The minimum atomic E-state index is -3.76. The van der Waals surface area contributed by atoms with Gasteiger partial charge in [0.15, 0.2) is 0 Å². The molecule has 0 heterocycles. The summed E-state index contributed by atoms with van der Waals surface area (Å²) in [6.07, 6.45) is 23.6. The molecule has 0 aromatic rings. The Morgan fingerprint density at radius 3 is 1.16 bits per heavy atom. The molecule has 0 aliphatic rings. The van der Waals surface area contributed by atoms with Crippen LogP contribution < -0.4 is 0 Å². The molecule has 0 spiro atoms. The van der Waals surface area contributed by atoms with E-state index >= 15 is 0 Å². The summed E-state index contributed by atoms with van der Waals surface area (Å²) in [6, 6.07) is 0. The van der Waals surface area contributed by atoms with Crippen LogP contribution in [0, 0.1) is 0 Å². The summed E-state index contributed by atoms with van der Waals surface area (Å²) in [4.78, 5) is 0. The van der Waals surface area contributed by atoms with Crippen LogP contribution >= 0.6 is 7.68 Å². The van der Waals surface area contributed by atoms with Gasteiger partial charge in [0, 0.05) is 7.11 Å². The fourth-order valence-corrected chi connectivity index (χ4v) is 4.08. The topological polar surface area (TPSA) is 26.3 Å². The molecule has 0 N–H and O–H groups in total. The number of rotatable bonds is 20. The van der Waals surface area contributed by atoms with Gasteiger partial charge in [-0.25, -0.2) is 0 Å². The third kappa shape index (κ3) is 20.3. The largest absolute Gasteiger partial charge is 0.367 e. The second-order valence-corrected chi connectivity index (χ2v) is 9.50. The second-order valence-electron chi connectivity index (χ2n) is 7.51. The quantitative estimate of drug-likeness (QED) is 0.156. The molecule has 0 rings (SSSR count). The Balaban J connectivity index is 3.06. The highest BCUT2D eigenvalue weighted by Crippen LogP contribution is 2.48. The van der Waals surface area contributed by atoms with Crippen LogP contribution in [0.1, 0.15) is 122 Å². The molecule has 0 aliphatic heterocycles. The first kappa shape index (κ1) is 25.1. The first-order valence-electron chi connectivity index (χ1n) is 11.0. The van der Waals surface area contributed by atoms with Crippen molar-refractivity contribution in [2.75, 3.05) is 13.3 Å². The highest BCUT2D eigenvalue weighted by molar-refractivity contribution is 7.53. The highest BCUT2D eigenvalue weighted by atomic mass is 31.2. The second kappa shape index (κ2) is 18.9. The summed E-state index contributed by atoms with van der Waals surface area (Å²) in [7, 11) is -2.57. The lowest BCUT2D eigenvalue weighted by molar-refractivity contribution is 0.354. The molecule has 25 heavy (non-hydrogen) atoms. The van der Waals surface area contributed by atoms with Gasteiger partial charge in [-0.3, -0.25) is 4.57 Å². The molecule has 0 fully saturated rings. The van der Waals surface area contributed by atoms with Crippen LogP contribution in [0.15, 0.2) is 0 Å². The fraction of sp³-hybridized carbons (Fsp3) is 1.00. The van der Waals surface area contributed by atoms with Gasteiger partial charge in [-0.05, 0) is 6.42 Å². The molecule has 0 aromatic carbocycles. The van der Waals surface area contributed by atoms with Crippen molar-refractivity contribution in [2.24, 2.45) is 0 Å². The van der Waals surface area contributed by atoms with E-state index < -0.39 is 7.68 Å². The molecule has 4 heteroatoms. The molecular weight excluding hydrogens is 334 g/mol. The molecule has 0 aliphatic carbocycles. The van der Waals surface area contributed by atoms with Crippen LogP contribution in [0.2, 0.25) is 0 Å². The van der Waals surface area contributed by atoms with Crippen molar-refractivity contribution in [3.05, 3.63) is 0 Å². The Bertz CT molecular complexity index is 310. The van der Waals surface area contributed by atoms with Gasteiger partial charge >= 0.3 is 7.68 Å². The third-order valence-corrected chi connectivity index (χ3v) is 6.45. The summed E-state index contributed by atoms with van der Waals surface area (Å²) in [5.41, 5.74) is 0. The zero-order chi connectivity index (χ0) is 18.6. The van der Waals surface area contributed by atoms with Crippen LogP contribution in [0.3, 0.4) is 0 Å². The van der Waals surface area contributed by atoms with Gasteiger partial charge in [0.1, 0.15) is 0 Å². The summed E-state index contributed by atoms with van der Waals surface area (Å²) < 4.78 is 28.5. The van der Waals surface area contributed by atoms with E-state index in [0.29, 0.717) is 6.42 Å². The maximum Gasteiger partial charge on any atom is 0.367 e. The Labute approximate surface area is 157 Å². The van der Waals surface area contributed by atoms with Crippen molar-refractivity contribution in [1.82, 2.24) is 0 Å². The number of hydrogen-bond donors (Lipinski definition) is 0. The molecule has 2 nitrogen and oxygen atoms in total. The van der Waals surface area contributed by atoms with E-state index in [1.54, 1.807) is 0 Å². The summed E-state index contributed by atoms with van der Waals surface area (Å²) in [5.74, 6) is 0. The standard InChI is InChI=1S/C21H44FO2P/c1-3-4-5-6-7-8-9-10-11-12-13-14-15-16-17-18-19-20-21-25(22,23)24-2/h3-21H2,1-2H3/t25-/m0/s1.